The molecule has 1 N–H and O–H groups in total. The molecule has 2 aromatic rings. The molecule has 0 amide bonds. The summed E-state index contributed by atoms with van der Waals surface area (Å²) in [7, 11) is 1.90. The van der Waals surface area contributed by atoms with Gasteiger partial charge >= 0.3 is 0 Å². The van der Waals surface area contributed by atoms with Gasteiger partial charge in [0.1, 0.15) is 0 Å². The Kier molecular flexibility index (Phi) is 4.18. The lowest BCUT2D eigenvalue weighted by atomic mass is 10.1. The molecule has 0 saturated heterocycles. The number of hydrogen-bond acceptors (Lipinski definition) is 4. The molecule has 1 heterocycles. The fraction of sp³-hybridized carbons (Fsp3) is 0.357. The normalized spacial score (nSPS) is 12.2. The van der Waals surface area contributed by atoms with Crippen LogP contribution in [0.3, 0.4) is 0 Å². The van der Waals surface area contributed by atoms with E-state index in [1.807, 2.05) is 32.5 Å². The molecule has 2 rings (SSSR count). The van der Waals surface area contributed by atoms with E-state index >= 15 is 0 Å². The molecule has 0 bridgehead atoms. The summed E-state index contributed by atoms with van der Waals surface area (Å²) in [5.41, 5.74) is 3.77. The van der Waals surface area contributed by atoms with Crippen LogP contribution in [0.25, 0.3) is 0 Å². The number of non-ortho nitro benzene ring substituents is 1. The van der Waals surface area contributed by atoms with E-state index < -0.39 is 4.92 Å². The third-order valence-corrected chi connectivity index (χ3v) is 3.85. The summed E-state index contributed by atoms with van der Waals surface area (Å²) in [4.78, 5) is 10.3. The van der Waals surface area contributed by atoms with Crippen LogP contribution in [-0.4, -0.2) is 14.7 Å². The van der Waals surface area contributed by atoms with Gasteiger partial charge in [-0.3, -0.25) is 14.8 Å². The maximum absolute atomic E-state index is 10.7. The minimum absolute atomic E-state index is 0.00217. The van der Waals surface area contributed by atoms with Crippen molar-refractivity contribution < 1.29 is 4.92 Å². The van der Waals surface area contributed by atoms with Crippen molar-refractivity contribution in [1.29, 1.82) is 0 Å². The van der Waals surface area contributed by atoms with Gasteiger partial charge in [-0.25, -0.2) is 0 Å². The van der Waals surface area contributed by atoms with Gasteiger partial charge in [0, 0.05) is 30.4 Å². The van der Waals surface area contributed by atoms with Gasteiger partial charge in [0.05, 0.1) is 27.4 Å². The van der Waals surface area contributed by atoms with Gasteiger partial charge in [0.15, 0.2) is 0 Å². The van der Waals surface area contributed by atoms with Gasteiger partial charge in [-0.05, 0) is 26.8 Å². The highest BCUT2D eigenvalue weighted by atomic mass is 35.5. The molecule has 6 nitrogen and oxygen atoms in total. The van der Waals surface area contributed by atoms with Crippen molar-refractivity contribution in [3.05, 3.63) is 50.3 Å². The molecule has 21 heavy (non-hydrogen) atoms. The first-order valence-corrected chi connectivity index (χ1v) is 6.89. The van der Waals surface area contributed by atoms with Crippen molar-refractivity contribution in [3.8, 4) is 0 Å². The van der Waals surface area contributed by atoms with Crippen molar-refractivity contribution in [1.82, 2.24) is 9.78 Å². The third-order valence-electron chi connectivity index (χ3n) is 3.53. The second kappa shape index (κ2) is 5.73. The largest absolute Gasteiger partial charge is 0.377 e. The zero-order chi connectivity index (χ0) is 15.7. The fourth-order valence-corrected chi connectivity index (χ4v) is 2.69. The quantitative estimate of drug-likeness (QED) is 0.689. The number of rotatable bonds is 4. The zero-order valence-electron chi connectivity index (χ0n) is 12.3. The SMILES string of the molecule is Cc1nn(C)c(C)c1C(C)Nc1ccc([N+](=O)[O-])cc1Cl. The predicted octanol–water partition coefficient (Wildman–Crippen LogP) is 3.77. The lowest BCUT2D eigenvalue weighted by Gasteiger charge is -2.17. The number of benzene rings is 1. The molecule has 0 saturated carbocycles. The van der Waals surface area contributed by atoms with Crippen LogP contribution in [0.1, 0.15) is 29.9 Å². The molecule has 1 unspecified atom stereocenters. The third kappa shape index (κ3) is 3.00. The molecule has 0 aliphatic rings. The smallest absolute Gasteiger partial charge is 0.271 e. The standard InChI is InChI=1S/C14H17ClN4O2/c1-8(14-9(2)17-18(4)10(14)3)16-13-6-5-11(19(20)21)7-12(13)15/h5-8,16H,1-4H3. The van der Waals surface area contributed by atoms with E-state index in [1.165, 1.54) is 12.1 Å². The first kappa shape index (κ1) is 15.3. The number of nitro groups is 1. The van der Waals surface area contributed by atoms with Crippen molar-refractivity contribution in [3.63, 3.8) is 0 Å². The summed E-state index contributed by atoms with van der Waals surface area (Å²) in [6.45, 7) is 5.97. The molecule has 7 heteroatoms. The lowest BCUT2D eigenvalue weighted by Crippen LogP contribution is -2.09. The molecule has 0 radical (unpaired) electrons. The summed E-state index contributed by atoms with van der Waals surface area (Å²) in [5, 5.41) is 18.7. The fourth-order valence-electron chi connectivity index (χ4n) is 2.46. The highest BCUT2D eigenvalue weighted by molar-refractivity contribution is 6.33. The van der Waals surface area contributed by atoms with Gasteiger partial charge in [-0.2, -0.15) is 5.10 Å². The van der Waals surface area contributed by atoms with Gasteiger partial charge < -0.3 is 5.32 Å². The van der Waals surface area contributed by atoms with Gasteiger partial charge in [-0.15, -0.1) is 0 Å². The Morgan fingerprint density at radius 3 is 2.57 bits per heavy atom. The van der Waals surface area contributed by atoms with Crippen LogP contribution in [0.4, 0.5) is 11.4 Å². The van der Waals surface area contributed by atoms with Crippen LogP contribution in [0.15, 0.2) is 18.2 Å². The Balaban J connectivity index is 2.27. The highest BCUT2D eigenvalue weighted by Gasteiger charge is 2.18. The number of aromatic nitrogens is 2. The summed E-state index contributed by atoms with van der Waals surface area (Å²) in [6, 6.07) is 4.40. The number of nitrogens with one attached hydrogen (secondary N) is 1. The topological polar surface area (TPSA) is 73.0 Å². The first-order valence-electron chi connectivity index (χ1n) is 6.51. The molecule has 0 aliphatic carbocycles. The second-order valence-corrected chi connectivity index (χ2v) is 5.40. The molecule has 0 fully saturated rings. The van der Waals surface area contributed by atoms with Crippen LogP contribution < -0.4 is 5.32 Å². The first-order chi connectivity index (χ1) is 9.81. The number of hydrogen-bond donors (Lipinski definition) is 1. The molecule has 1 atom stereocenters. The Labute approximate surface area is 127 Å². The van der Waals surface area contributed by atoms with Gasteiger partial charge in [0.2, 0.25) is 0 Å². The minimum Gasteiger partial charge on any atom is -0.377 e. The van der Waals surface area contributed by atoms with Crippen molar-refractivity contribution >= 4 is 23.0 Å². The Morgan fingerprint density at radius 1 is 1.43 bits per heavy atom. The molecular weight excluding hydrogens is 292 g/mol. The summed E-state index contributed by atoms with van der Waals surface area (Å²) in [5.74, 6) is 0. The molecule has 112 valence electrons. The minimum atomic E-state index is -0.464. The zero-order valence-corrected chi connectivity index (χ0v) is 13.1. The number of nitrogens with zero attached hydrogens (tertiary/aromatic N) is 3. The van der Waals surface area contributed by atoms with Crippen molar-refractivity contribution in [2.75, 3.05) is 5.32 Å². The van der Waals surface area contributed by atoms with Gasteiger partial charge in [0.25, 0.3) is 5.69 Å². The molecule has 1 aromatic heterocycles. The predicted molar refractivity (Wildman–Crippen MR) is 82.8 cm³/mol. The second-order valence-electron chi connectivity index (χ2n) is 5.00. The van der Waals surface area contributed by atoms with E-state index in [1.54, 1.807) is 6.07 Å². The number of aryl methyl sites for hydroxylation is 2. The van der Waals surface area contributed by atoms with E-state index in [0.717, 1.165) is 17.0 Å². The highest BCUT2D eigenvalue weighted by Crippen LogP contribution is 2.31. The Morgan fingerprint density at radius 2 is 2.10 bits per heavy atom. The number of nitro benzene ring substituents is 1. The van der Waals surface area contributed by atoms with Crippen molar-refractivity contribution in [2.45, 2.75) is 26.8 Å². The summed E-state index contributed by atoms with van der Waals surface area (Å²) < 4.78 is 1.83. The van der Waals surface area contributed by atoms with Crippen LogP contribution in [0.5, 0.6) is 0 Å². The van der Waals surface area contributed by atoms with E-state index in [0.29, 0.717) is 10.7 Å². The van der Waals surface area contributed by atoms with Crippen LogP contribution in [0, 0.1) is 24.0 Å². The molecule has 0 aliphatic heterocycles. The number of anilines is 1. The molecule has 0 spiro atoms. The average molecular weight is 309 g/mol. The van der Waals surface area contributed by atoms with Gasteiger partial charge in [-0.1, -0.05) is 11.6 Å². The maximum Gasteiger partial charge on any atom is 0.271 e. The lowest BCUT2D eigenvalue weighted by molar-refractivity contribution is -0.384. The van der Waals surface area contributed by atoms with E-state index in [4.69, 9.17) is 11.6 Å². The van der Waals surface area contributed by atoms with E-state index in [-0.39, 0.29) is 11.7 Å². The van der Waals surface area contributed by atoms with Crippen LogP contribution in [0.2, 0.25) is 5.02 Å². The van der Waals surface area contributed by atoms with Crippen LogP contribution >= 0.6 is 11.6 Å². The number of halogens is 1. The van der Waals surface area contributed by atoms with Crippen molar-refractivity contribution in [2.24, 2.45) is 7.05 Å². The Bertz CT molecular complexity index is 697. The summed E-state index contributed by atoms with van der Waals surface area (Å²) in [6.07, 6.45) is 0. The average Bonchev–Trinajstić information content (AvgIpc) is 2.65. The molecule has 1 aromatic carbocycles. The Hall–Kier alpha value is -2.08. The van der Waals surface area contributed by atoms with E-state index in [2.05, 4.69) is 10.4 Å². The van der Waals surface area contributed by atoms with E-state index in [9.17, 15) is 10.1 Å². The monoisotopic (exact) mass is 308 g/mol. The maximum atomic E-state index is 10.7. The molecular formula is C14H17ClN4O2. The van der Waals surface area contributed by atoms with Crippen LogP contribution in [-0.2, 0) is 7.05 Å². The summed E-state index contributed by atoms with van der Waals surface area (Å²) >= 11 is 6.10.